The van der Waals surface area contributed by atoms with Crippen molar-refractivity contribution in [3.8, 4) is 39.5 Å². The zero-order chi connectivity index (χ0) is 37.5. The van der Waals surface area contributed by atoms with Crippen LogP contribution in [-0.4, -0.2) is 27.8 Å². The molecule has 12 rings (SSSR count). The van der Waals surface area contributed by atoms with Crippen molar-refractivity contribution in [1.29, 1.82) is 0 Å². The Hall–Kier alpha value is -7.02. The van der Waals surface area contributed by atoms with Gasteiger partial charge in [-0.05, 0) is 6.07 Å². The molecule has 0 spiro atoms. The summed E-state index contributed by atoms with van der Waals surface area (Å²) in [4.78, 5) is 11.2. The molecule has 5 heteroatoms. The SMILES string of the molecule is c1ccc(-c2nc(-c3cccc(-n4c5ccccc5c5c6oc7ccccc7c6ccc54)c3)c3[c](n2)[Ge]([c]2ccccc2)([c]2ccccc2)[c]2ccccc2-3)cc1. The van der Waals surface area contributed by atoms with Crippen LogP contribution in [0.1, 0.15) is 0 Å². The van der Waals surface area contributed by atoms with Gasteiger partial charge in [0.1, 0.15) is 0 Å². The fourth-order valence-corrected chi connectivity index (χ4v) is 20.0. The van der Waals surface area contributed by atoms with Crippen LogP contribution in [0.5, 0.6) is 0 Å². The fourth-order valence-electron chi connectivity index (χ4n) is 9.50. The van der Waals surface area contributed by atoms with Crippen molar-refractivity contribution < 1.29 is 4.42 Å². The standard InChI is InChI=1S/C52H33GeN3O/c1-4-17-34(18-5-1)52-54-49(48-41-26-10-13-28-43(41)53(51(48)55-52,36-20-6-2-7-21-36)37-22-8-3-9-23-37)35-19-16-24-38(33-35)56-44-29-14-11-27-42(44)47-45(56)32-31-40-39-25-12-15-30-46(39)57-50(40)47/h1-33H. The number of fused-ring (bicyclic) bond motifs is 10. The Morgan fingerprint density at radius 1 is 0.474 bits per heavy atom. The molecule has 0 amide bonds. The Kier molecular flexibility index (Phi) is 7.07. The van der Waals surface area contributed by atoms with Gasteiger partial charge in [-0.1, -0.05) is 18.2 Å². The van der Waals surface area contributed by atoms with Crippen LogP contribution in [0.4, 0.5) is 0 Å². The number of benzene rings is 8. The molecule has 57 heavy (non-hydrogen) atoms. The summed E-state index contributed by atoms with van der Waals surface area (Å²) in [6.07, 6.45) is 0. The van der Waals surface area contributed by atoms with Gasteiger partial charge in [-0.15, -0.1) is 0 Å². The Balaban J connectivity index is 1.16. The van der Waals surface area contributed by atoms with Crippen LogP contribution in [0.15, 0.2) is 205 Å². The molecule has 266 valence electrons. The second-order valence-electron chi connectivity index (χ2n) is 14.9. The Labute approximate surface area is 331 Å². The molecule has 0 saturated carbocycles. The molecule has 3 aromatic heterocycles. The predicted molar refractivity (Wildman–Crippen MR) is 237 cm³/mol. The number of furan rings is 1. The molecule has 4 nitrogen and oxygen atoms in total. The van der Waals surface area contributed by atoms with E-state index in [4.69, 9.17) is 14.4 Å². The Bertz CT molecular complexity index is 3310. The Morgan fingerprint density at radius 2 is 1.12 bits per heavy atom. The first kappa shape index (κ1) is 32.2. The van der Waals surface area contributed by atoms with Gasteiger partial charge in [0.2, 0.25) is 0 Å². The number of nitrogens with zero attached hydrogens (tertiary/aromatic N) is 3. The molecule has 1 aliphatic rings. The molecule has 0 atom stereocenters. The van der Waals surface area contributed by atoms with E-state index in [-0.39, 0.29) is 0 Å². The van der Waals surface area contributed by atoms with Crippen LogP contribution in [0.25, 0.3) is 83.2 Å². The van der Waals surface area contributed by atoms with Crippen molar-refractivity contribution in [2.75, 3.05) is 0 Å². The number of aromatic nitrogens is 3. The maximum absolute atomic E-state index is 6.62. The van der Waals surface area contributed by atoms with E-state index in [0.717, 1.165) is 77.6 Å². The Morgan fingerprint density at radius 3 is 1.91 bits per heavy atom. The molecule has 0 N–H and O–H groups in total. The van der Waals surface area contributed by atoms with Crippen LogP contribution < -0.4 is 17.7 Å². The van der Waals surface area contributed by atoms with E-state index in [1.165, 1.54) is 23.3 Å². The summed E-state index contributed by atoms with van der Waals surface area (Å²) in [5.74, 6) is 0.744. The zero-order valence-corrected chi connectivity index (χ0v) is 32.9. The van der Waals surface area contributed by atoms with Crippen LogP contribution in [0.2, 0.25) is 0 Å². The van der Waals surface area contributed by atoms with Crippen molar-refractivity contribution in [3.05, 3.63) is 200 Å². The molecule has 0 aliphatic carbocycles. The summed E-state index contributed by atoms with van der Waals surface area (Å²) in [7, 11) is 0. The van der Waals surface area contributed by atoms with Crippen LogP contribution in [-0.2, 0) is 0 Å². The average Bonchev–Trinajstić information content (AvgIpc) is 3.93. The maximum atomic E-state index is 6.62. The minimum absolute atomic E-state index is 0.744. The van der Waals surface area contributed by atoms with Crippen LogP contribution >= 0.6 is 0 Å². The van der Waals surface area contributed by atoms with Crippen molar-refractivity contribution in [1.82, 2.24) is 14.5 Å². The van der Waals surface area contributed by atoms with Crippen molar-refractivity contribution in [2.45, 2.75) is 0 Å². The normalized spacial score (nSPS) is 13.1. The third-order valence-corrected chi connectivity index (χ3v) is 21.8. The predicted octanol–water partition coefficient (Wildman–Crippen LogP) is 10.2. The molecule has 0 bridgehead atoms. The summed E-state index contributed by atoms with van der Waals surface area (Å²) < 4.78 is 14.3. The quantitative estimate of drug-likeness (QED) is 0.163. The van der Waals surface area contributed by atoms with Crippen molar-refractivity contribution in [3.63, 3.8) is 0 Å². The van der Waals surface area contributed by atoms with Gasteiger partial charge < -0.3 is 0 Å². The summed E-state index contributed by atoms with van der Waals surface area (Å²) in [6, 6.07) is 72.1. The minimum atomic E-state index is -3.68. The van der Waals surface area contributed by atoms with E-state index in [1.807, 2.05) is 6.07 Å². The second kappa shape index (κ2) is 12.5. The summed E-state index contributed by atoms with van der Waals surface area (Å²) in [5, 5.41) is 4.54. The molecule has 0 fully saturated rings. The third kappa shape index (κ3) is 4.62. The van der Waals surface area contributed by atoms with Gasteiger partial charge in [0.05, 0.1) is 0 Å². The van der Waals surface area contributed by atoms with Gasteiger partial charge in [0.25, 0.3) is 0 Å². The van der Waals surface area contributed by atoms with Gasteiger partial charge in [-0.2, -0.15) is 0 Å². The van der Waals surface area contributed by atoms with Gasteiger partial charge in [-0.3, -0.25) is 0 Å². The average molecular weight is 788 g/mol. The van der Waals surface area contributed by atoms with Crippen molar-refractivity contribution in [2.24, 2.45) is 0 Å². The number of rotatable bonds is 5. The molecule has 4 heterocycles. The van der Waals surface area contributed by atoms with E-state index in [0.29, 0.717) is 0 Å². The van der Waals surface area contributed by atoms with E-state index < -0.39 is 13.3 Å². The number of para-hydroxylation sites is 2. The number of hydrogen-bond donors (Lipinski definition) is 0. The molecular weight excluding hydrogens is 755 g/mol. The molecule has 0 saturated heterocycles. The summed E-state index contributed by atoms with van der Waals surface area (Å²) in [5.41, 5.74) is 10.5. The first-order chi connectivity index (χ1) is 28.3. The molecule has 1 aliphatic heterocycles. The summed E-state index contributed by atoms with van der Waals surface area (Å²) in [6.45, 7) is 0. The molecule has 0 radical (unpaired) electrons. The molecule has 11 aromatic rings. The summed E-state index contributed by atoms with van der Waals surface area (Å²) >= 11 is -3.68. The second-order valence-corrected chi connectivity index (χ2v) is 22.5. The topological polar surface area (TPSA) is 43.9 Å². The van der Waals surface area contributed by atoms with Gasteiger partial charge in [-0.25, -0.2) is 0 Å². The first-order valence-electron chi connectivity index (χ1n) is 19.4. The van der Waals surface area contributed by atoms with Gasteiger partial charge in [0.15, 0.2) is 0 Å². The van der Waals surface area contributed by atoms with E-state index in [9.17, 15) is 0 Å². The fraction of sp³-hybridized carbons (Fsp3) is 0. The molecule has 8 aromatic carbocycles. The third-order valence-electron chi connectivity index (χ3n) is 11.9. The van der Waals surface area contributed by atoms with Crippen molar-refractivity contribution >= 4 is 74.7 Å². The van der Waals surface area contributed by atoms with E-state index in [1.54, 1.807) is 0 Å². The monoisotopic (exact) mass is 789 g/mol. The van der Waals surface area contributed by atoms with Gasteiger partial charge in [0, 0.05) is 0 Å². The van der Waals surface area contributed by atoms with Crippen LogP contribution in [0, 0.1) is 0 Å². The molecular formula is C52H33GeN3O. The van der Waals surface area contributed by atoms with Crippen LogP contribution in [0.3, 0.4) is 0 Å². The zero-order valence-electron chi connectivity index (χ0n) is 30.8. The van der Waals surface area contributed by atoms with Gasteiger partial charge >= 0.3 is 309 Å². The van der Waals surface area contributed by atoms with E-state index >= 15 is 0 Å². The number of hydrogen-bond acceptors (Lipinski definition) is 3. The first-order valence-corrected chi connectivity index (χ1v) is 23.6. The molecule has 0 unspecified atom stereocenters. The van der Waals surface area contributed by atoms with E-state index in [2.05, 4.69) is 199 Å².